The molecular weight excluding hydrogens is 382 g/mol. The third-order valence-corrected chi connectivity index (χ3v) is 4.59. The maximum Gasteiger partial charge on any atom is 0.330 e. The number of thiophene rings is 1. The molecule has 1 amide bonds. The normalized spacial score (nSPS) is 10.5. The molecule has 2 heterocycles. The highest BCUT2D eigenvalue weighted by atomic mass is 32.1. The van der Waals surface area contributed by atoms with Gasteiger partial charge in [-0.15, -0.1) is 21.5 Å². The molecule has 0 radical (unpaired) electrons. The molecule has 0 saturated carbocycles. The SMILES string of the molecule is COc1ccc(CCNC(=O)COC(=O)Cn2nnc(-c3cccs3)n2)cc1. The number of aromatic nitrogens is 4. The van der Waals surface area contributed by atoms with E-state index in [0.29, 0.717) is 18.8 Å². The average molecular weight is 401 g/mol. The van der Waals surface area contributed by atoms with Gasteiger partial charge in [-0.05, 0) is 40.8 Å². The number of hydrogen-bond donors (Lipinski definition) is 1. The molecule has 0 aliphatic heterocycles. The lowest BCUT2D eigenvalue weighted by Crippen LogP contribution is -2.31. The van der Waals surface area contributed by atoms with Crippen molar-refractivity contribution in [3.8, 4) is 16.5 Å². The van der Waals surface area contributed by atoms with Crippen molar-refractivity contribution < 1.29 is 19.1 Å². The summed E-state index contributed by atoms with van der Waals surface area (Å²) in [5.41, 5.74) is 1.07. The quantitative estimate of drug-likeness (QED) is 0.539. The number of tetrazole rings is 1. The van der Waals surface area contributed by atoms with Gasteiger partial charge >= 0.3 is 5.97 Å². The van der Waals surface area contributed by atoms with E-state index in [1.165, 1.54) is 11.3 Å². The summed E-state index contributed by atoms with van der Waals surface area (Å²) >= 11 is 1.48. The summed E-state index contributed by atoms with van der Waals surface area (Å²) in [6.07, 6.45) is 0.665. The van der Waals surface area contributed by atoms with Crippen LogP contribution in [0.25, 0.3) is 10.7 Å². The fourth-order valence-electron chi connectivity index (χ4n) is 2.31. The second-order valence-corrected chi connectivity index (χ2v) is 6.68. The van der Waals surface area contributed by atoms with E-state index in [0.717, 1.165) is 21.0 Å². The standard InChI is InChI=1S/C18H19N5O4S/c1-26-14-6-4-13(5-7-14)8-9-19-16(24)12-27-17(25)11-23-21-18(20-22-23)15-3-2-10-28-15/h2-7,10H,8-9,11-12H2,1H3,(H,19,24). The first-order valence-corrected chi connectivity index (χ1v) is 9.39. The zero-order valence-electron chi connectivity index (χ0n) is 15.2. The third-order valence-electron chi connectivity index (χ3n) is 3.72. The second-order valence-electron chi connectivity index (χ2n) is 5.73. The van der Waals surface area contributed by atoms with E-state index in [1.807, 2.05) is 41.8 Å². The number of ether oxygens (including phenoxy) is 2. The smallest absolute Gasteiger partial charge is 0.330 e. The molecular formula is C18H19N5O4S. The van der Waals surface area contributed by atoms with Crippen LogP contribution < -0.4 is 10.1 Å². The summed E-state index contributed by atoms with van der Waals surface area (Å²) in [6, 6.07) is 11.3. The molecule has 28 heavy (non-hydrogen) atoms. The topological polar surface area (TPSA) is 108 Å². The van der Waals surface area contributed by atoms with Gasteiger partial charge in [-0.1, -0.05) is 18.2 Å². The first-order valence-electron chi connectivity index (χ1n) is 8.51. The minimum atomic E-state index is -0.611. The number of nitrogens with zero attached hydrogens (tertiary/aromatic N) is 4. The molecule has 0 atom stereocenters. The molecule has 9 nitrogen and oxygen atoms in total. The fraction of sp³-hybridized carbons (Fsp3) is 0.278. The molecule has 0 unspecified atom stereocenters. The molecule has 3 rings (SSSR count). The molecule has 0 spiro atoms. The molecule has 10 heteroatoms. The number of hydrogen-bond acceptors (Lipinski definition) is 8. The van der Waals surface area contributed by atoms with Crippen LogP contribution in [-0.2, 0) is 27.3 Å². The predicted molar refractivity (Wildman–Crippen MR) is 102 cm³/mol. The molecule has 0 fully saturated rings. The zero-order chi connectivity index (χ0) is 19.8. The number of carbonyl (C=O) groups is 2. The lowest BCUT2D eigenvalue weighted by Gasteiger charge is -2.07. The van der Waals surface area contributed by atoms with Gasteiger partial charge in [0.15, 0.2) is 13.2 Å². The van der Waals surface area contributed by atoms with Crippen molar-refractivity contribution in [2.45, 2.75) is 13.0 Å². The van der Waals surface area contributed by atoms with Crippen LogP contribution >= 0.6 is 11.3 Å². The largest absolute Gasteiger partial charge is 0.497 e. The van der Waals surface area contributed by atoms with Gasteiger partial charge in [0.1, 0.15) is 5.75 Å². The number of amides is 1. The monoisotopic (exact) mass is 401 g/mol. The molecule has 2 aromatic heterocycles. The zero-order valence-corrected chi connectivity index (χ0v) is 16.0. The fourth-order valence-corrected chi connectivity index (χ4v) is 2.96. The average Bonchev–Trinajstić information content (AvgIpc) is 3.39. The molecule has 0 bridgehead atoms. The van der Waals surface area contributed by atoms with E-state index < -0.39 is 5.97 Å². The van der Waals surface area contributed by atoms with Crippen molar-refractivity contribution in [3.63, 3.8) is 0 Å². The summed E-state index contributed by atoms with van der Waals surface area (Å²) in [5, 5.41) is 16.4. The molecule has 0 saturated heterocycles. The Kier molecular flexibility index (Phi) is 6.68. The Hall–Kier alpha value is -3.27. The van der Waals surface area contributed by atoms with Gasteiger partial charge in [-0.2, -0.15) is 4.80 Å². The van der Waals surface area contributed by atoms with E-state index in [9.17, 15) is 9.59 Å². The summed E-state index contributed by atoms with van der Waals surface area (Å²) in [4.78, 5) is 25.6. The molecule has 0 aliphatic carbocycles. The molecule has 1 N–H and O–H groups in total. The van der Waals surface area contributed by atoms with E-state index in [4.69, 9.17) is 9.47 Å². The van der Waals surface area contributed by atoms with E-state index in [-0.39, 0.29) is 19.1 Å². The first-order chi connectivity index (χ1) is 13.6. The Bertz CT molecular complexity index is 908. The summed E-state index contributed by atoms with van der Waals surface area (Å²) in [7, 11) is 1.61. The van der Waals surface area contributed by atoms with Crippen LogP contribution in [0.5, 0.6) is 5.75 Å². The minimum absolute atomic E-state index is 0.211. The number of benzene rings is 1. The number of esters is 1. The van der Waals surface area contributed by atoms with Crippen molar-refractivity contribution in [2.24, 2.45) is 0 Å². The van der Waals surface area contributed by atoms with Crippen molar-refractivity contribution in [2.75, 3.05) is 20.3 Å². The second kappa shape index (κ2) is 9.60. The van der Waals surface area contributed by atoms with Crippen LogP contribution in [0.2, 0.25) is 0 Å². The van der Waals surface area contributed by atoms with Gasteiger partial charge in [0, 0.05) is 6.54 Å². The van der Waals surface area contributed by atoms with Gasteiger partial charge in [0.2, 0.25) is 5.82 Å². The van der Waals surface area contributed by atoms with Crippen LogP contribution in [0.15, 0.2) is 41.8 Å². The lowest BCUT2D eigenvalue weighted by atomic mass is 10.1. The summed E-state index contributed by atoms with van der Waals surface area (Å²) < 4.78 is 10.0. The van der Waals surface area contributed by atoms with Crippen molar-refractivity contribution in [1.82, 2.24) is 25.5 Å². The molecule has 1 aromatic carbocycles. The molecule has 3 aromatic rings. The Morgan fingerprint density at radius 1 is 1.21 bits per heavy atom. The highest BCUT2D eigenvalue weighted by molar-refractivity contribution is 7.13. The van der Waals surface area contributed by atoms with Gasteiger partial charge in [0.25, 0.3) is 5.91 Å². The molecule has 0 aliphatic rings. The van der Waals surface area contributed by atoms with Gasteiger partial charge in [-0.25, -0.2) is 4.79 Å². The maximum atomic E-state index is 11.8. The van der Waals surface area contributed by atoms with Gasteiger partial charge in [-0.3, -0.25) is 4.79 Å². The Morgan fingerprint density at radius 3 is 2.75 bits per heavy atom. The Balaban J connectivity index is 1.35. The van der Waals surface area contributed by atoms with Gasteiger partial charge in [0.05, 0.1) is 12.0 Å². The van der Waals surface area contributed by atoms with Crippen LogP contribution in [0.1, 0.15) is 5.56 Å². The van der Waals surface area contributed by atoms with Crippen molar-refractivity contribution in [3.05, 3.63) is 47.3 Å². The van der Waals surface area contributed by atoms with Crippen LogP contribution in [0.3, 0.4) is 0 Å². The Labute approximate surface area is 165 Å². The Morgan fingerprint density at radius 2 is 2.04 bits per heavy atom. The third kappa shape index (κ3) is 5.61. The first kappa shape index (κ1) is 19.5. The van der Waals surface area contributed by atoms with E-state index in [1.54, 1.807) is 7.11 Å². The van der Waals surface area contributed by atoms with E-state index in [2.05, 4.69) is 20.7 Å². The number of rotatable bonds is 9. The number of carbonyl (C=O) groups excluding carboxylic acids is 2. The maximum absolute atomic E-state index is 11.8. The summed E-state index contributed by atoms with van der Waals surface area (Å²) in [6.45, 7) is -0.122. The van der Waals surface area contributed by atoms with Gasteiger partial charge < -0.3 is 14.8 Å². The lowest BCUT2D eigenvalue weighted by molar-refractivity contribution is -0.149. The van der Waals surface area contributed by atoms with Crippen molar-refractivity contribution >= 4 is 23.2 Å². The summed E-state index contributed by atoms with van der Waals surface area (Å²) in [5.74, 6) is 0.247. The van der Waals surface area contributed by atoms with E-state index >= 15 is 0 Å². The highest BCUT2D eigenvalue weighted by Gasteiger charge is 2.12. The van der Waals surface area contributed by atoms with Crippen LogP contribution in [0, 0.1) is 0 Å². The van der Waals surface area contributed by atoms with Crippen LogP contribution in [0.4, 0.5) is 0 Å². The van der Waals surface area contributed by atoms with Crippen LogP contribution in [-0.4, -0.2) is 52.3 Å². The highest BCUT2D eigenvalue weighted by Crippen LogP contribution is 2.19. The number of nitrogens with one attached hydrogen (secondary N) is 1. The predicted octanol–water partition coefficient (Wildman–Crippen LogP) is 1.31. The van der Waals surface area contributed by atoms with Crippen molar-refractivity contribution in [1.29, 1.82) is 0 Å². The number of methoxy groups -OCH3 is 1. The molecule has 146 valence electrons. The minimum Gasteiger partial charge on any atom is -0.497 e.